The number of benzene rings is 1. The fourth-order valence-electron chi connectivity index (χ4n) is 1.65. The molecule has 0 amide bonds. The molecule has 0 bridgehead atoms. The first-order valence-corrected chi connectivity index (χ1v) is 8.26. The molecule has 0 unspecified atom stereocenters. The Morgan fingerprint density at radius 2 is 1.80 bits per heavy atom. The molecule has 0 atom stereocenters. The van der Waals surface area contributed by atoms with Gasteiger partial charge < -0.3 is 4.74 Å². The molecule has 0 radical (unpaired) electrons. The Hall–Kier alpha value is -1.40. The van der Waals surface area contributed by atoms with E-state index in [0.717, 1.165) is 19.3 Å². The van der Waals surface area contributed by atoms with E-state index in [1.165, 1.54) is 24.3 Å². The number of ether oxygens (including phenoxy) is 1. The van der Waals surface area contributed by atoms with Crippen LogP contribution in [0.15, 0.2) is 29.2 Å². The summed E-state index contributed by atoms with van der Waals surface area (Å²) in [5, 5.41) is 0. The van der Waals surface area contributed by atoms with Gasteiger partial charge in [-0.05, 0) is 37.6 Å². The van der Waals surface area contributed by atoms with Crippen molar-refractivity contribution in [2.75, 3.05) is 13.2 Å². The number of hydrogen-bond acceptors (Lipinski definition) is 4. The Bertz CT molecular complexity index is 523. The number of carbonyl (C=O) groups is 1. The summed E-state index contributed by atoms with van der Waals surface area (Å²) < 4.78 is 31.3. The molecular weight excluding hydrogens is 278 g/mol. The van der Waals surface area contributed by atoms with Gasteiger partial charge in [0.15, 0.2) is 0 Å². The van der Waals surface area contributed by atoms with Crippen LogP contribution in [0, 0.1) is 0 Å². The van der Waals surface area contributed by atoms with Gasteiger partial charge in [0, 0.05) is 6.54 Å². The van der Waals surface area contributed by atoms with Gasteiger partial charge in [0.2, 0.25) is 10.0 Å². The molecule has 0 heterocycles. The lowest BCUT2D eigenvalue weighted by atomic mass is 10.2. The number of rotatable bonds is 8. The van der Waals surface area contributed by atoms with Crippen molar-refractivity contribution in [2.24, 2.45) is 0 Å². The lowest BCUT2D eigenvalue weighted by Crippen LogP contribution is -2.24. The summed E-state index contributed by atoms with van der Waals surface area (Å²) in [6.45, 7) is 4.49. The molecule has 0 aliphatic heterocycles. The molecule has 0 saturated carbocycles. The number of sulfonamides is 1. The first-order valence-electron chi connectivity index (χ1n) is 6.78. The molecule has 6 heteroatoms. The van der Waals surface area contributed by atoms with Gasteiger partial charge in [-0.3, -0.25) is 0 Å². The van der Waals surface area contributed by atoms with E-state index in [9.17, 15) is 13.2 Å². The number of carbonyl (C=O) groups excluding carboxylic acids is 1. The highest BCUT2D eigenvalue weighted by Crippen LogP contribution is 2.11. The van der Waals surface area contributed by atoms with Crippen molar-refractivity contribution in [3.05, 3.63) is 29.8 Å². The van der Waals surface area contributed by atoms with Crippen LogP contribution in [0.5, 0.6) is 0 Å². The molecule has 0 spiro atoms. The molecule has 1 N–H and O–H groups in total. The van der Waals surface area contributed by atoms with Crippen LogP contribution in [-0.2, 0) is 14.8 Å². The quantitative estimate of drug-likeness (QED) is 0.590. The first-order chi connectivity index (χ1) is 9.51. The van der Waals surface area contributed by atoms with Crippen molar-refractivity contribution in [2.45, 2.75) is 38.0 Å². The van der Waals surface area contributed by atoms with E-state index in [1.54, 1.807) is 6.92 Å². The highest BCUT2D eigenvalue weighted by Gasteiger charge is 2.14. The normalized spacial score (nSPS) is 11.3. The van der Waals surface area contributed by atoms with Crippen molar-refractivity contribution in [1.82, 2.24) is 4.72 Å². The molecule has 0 fully saturated rings. The second kappa shape index (κ2) is 8.01. The summed E-state index contributed by atoms with van der Waals surface area (Å²) in [7, 11) is -3.50. The molecule has 0 aliphatic rings. The van der Waals surface area contributed by atoms with Crippen molar-refractivity contribution in [3.63, 3.8) is 0 Å². The monoisotopic (exact) mass is 299 g/mol. The first kappa shape index (κ1) is 16.7. The SMILES string of the molecule is CCCCCNS(=O)(=O)c1ccc(C(=O)OCC)cc1. The van der Waals surface area contributed by atoms with Crippen LogP contribution in [0.25, 0.3) is 0 Å². The summed E-state index contributed by atoms with van der Waals surface area (Å²) in [6.07, 6.45) is 2.84. The maximum Gasteiger partial charge on any atom is 0.338 e. The van der Waals surface area contributed by atoms with Gasteiger partial charge in [0.25, 0.3) is 0 Å². The largest absolute Gasteiger partial charge is 0.462 e. The second-order valence-corrected chi connectivity index (χ2v) is 6.12. The maximum absolute atomic E-state index is 12.0. The molecule has 112 valence electrons. The number of unbranched alkanes of at least 4 members (excludes halogenated alkanes) is 2. The van der Waals surface area contributed by atoms with Crippen molar-refractivity contribution < 1.29 is 17.9 Å². The fraction of sp³-hybridized carbons (Fsp3) is 0.500. The highest BCUT2D eigenvalue weighted by molar-refractivity contribution is 7.89. The van der Waals surface area contributed by atoms with E-state index in [2.05, 4.69) is 11.6 Å². The van der Waals surface area contributed by atoms with E-state index >= 15 is 0 Å². The Morgan fingerprint density at radius 3 is 2.35 bits per heavy atom. The third kappa shape index (κ3) is 4.94. The van der Waals surface area contributed by atoms with Gasteiger partial charge in [-0.25, -0.2) is 17.9 Å². The van der Waals surface area contributed by atoms with E-state index in [1.807, 2.05) is 0 Å². The van der Waals surface area contributed by atoms with Gasteiger partial charge in [-0.2, -0.15) is 0 Å². The predicted octanol–water partition coefficient (Wildman–Crippen LogP) is 2.33. The van der Waals surface area contributed by atoms with E-state index in [-0.39, 0.29) is 11.5 Å². The van der Waals surface area contributed by atoms with Crippen molar-refractivity contribution in [1.29, 1.82) is 0 Å². The van der Waals surface area contributed by atoms with Crippen LogP contribution in [0.4, 0.5) is 0 Å². The van der Waals surface area contributed by atoms with Crippen molar-refractivity contribution in [3.8, 4) is 0 Å². The minimum absolute atomic E-state index is 0.155. The van der Waals surface area contributed by atoms with Crippen molar-refractivity contribution >= 4 is 16.0 Å². The third-order valence-electron chi connectivity index (χ3n) is 2.75. The Labute approximate surface area is 120 Å². The van der Waals surface area contributed by atoms with Crippen LogP contribution in [-0.4, -0.2) is 27.5 Å². The molecule has 0 saturated heterocycles. The molecule has 5 nitrogen and oxygen atoms in total. The molecule has 1 rings (SSSR count). The van der Waals surface area contributed by atoms with Gasteiger partial charge in [-0.15, -0.1) is 0 Å². The van der Waals surface area contributed by atoms with Gasteiger partial charge in [0.05, 0.1) is 17.1 Å². The fourth-order valence-corrected chi connectivity index (χ4v) is 2.72. The maximum atomic E-state index is 12.0. The lowest BCUT2D eigenvalue weighted by molar-refractivity contribution is 0.0526. The topological polar surface area (TPSA) is 72.5 Å². The van der Waals surface area contributed by atoms with Gasteiger partial charge >= 0.3 is 5.97 Å². The van der Waals surface area contributed by atoms with Crippen LogP contribution in [0.1, 0.15) is 43.5 Å². The zero-order chi connectivity index (χ0) is 15.0. The van der Waals surface area contributed by atoms with E-state index in [4.69, 9.17) is 4.74 Å². The summed E-state index contributed by atoms with van der Waals surface area (Å²) in [5.41, 5.74) is 0.344. The minimum Gasteiger partial charge on any atom is -0.462 e. The van der Waals surface area contributed by atoms with E-state index < -0.39 is 16.0 Å². The third-order valence-corrected chi connectivity index (χ3v) is 4.23. The Balaban J connectivity index is 2.69. The average molecular weight is 299 g/mol. The highest BCUT2D eigenvalue weighted by atomic mass is 32.2. The molecule has 1 aromatic rings. The standard InChI is InChI=1S/C14H21NO4S/c1-3-5-6-11-15-20(17,18)13-9-7-12(8-10-13)14(16)19-4-2/h7-10,15H,3-6,11H2,1-2H3. The minimum atomic E-state index is -3.50. The van der Waals surface area contributed by atoms with Gasteiger partial charge in [0.1, 0.15) is 0 Å². The van der Waals surface area contributed by atoms with E-state index in [0.29, 0.717) is 12.1 Å². The lowest BCUT2D eigenvalue weighted by Gasteiger charge is -2.07. The van der Waals surface area contributed by atoms with Crippen LogP contribution in [0.2, 0.25) is 0 Å². The zero-order valence-electron chi connectivity index (χ0n) is 11.9. The Kier molecular flexibility index (Phi) is 6.67. The average Bonchev–Trinajstić information content (AvgIpc) is 2.44. The summed E-state index contributed by atoms with van der Waals surface area (Å²) in [4.78, 5) is 11.6. The molecule has 20 heavy (non-hydrogen) atoms. The predicted molar refractivity (Wildman–Crippen MR) is 77.1 cm³/mol. The number of esters is 1. The van der Waals surface area contributed by atoms with Crippen LogP contribution in [0.3, 0.4) is 0 Å². The van der Waals surface area contributed by atoms with Gasteiger partial charge in [-0.1, -0.05) is 19.8 Å². The smallest absolute Gasteiger partial charge is 0.338 e. The number of hydrogen-bond donors (Lipinski definition) is 1. The summed E-state index contributed by atoms with van der Waals surface area (Å²) in [6, 6.07) is 5.74. The second-order valence-electron chi connectivity index (χ2n) is 4.35. The molecular formula is C14H21NO4S. The Morgan fingerprint density at radius 1 is 1.15 bits per heavy atom. The molecule has 1 aromatic carbocycles. The van der Waals surface area contributed by atoms with Crippen LogP contribution >= 0.6 is 0 Å². The summed E-state index contributed by atoms with van der Waals surface area (Å²) >= 11 is 0. The van der Waals surface area contributed by atoms with Crippen LogP contribution < -0.4 is 4.72 Å². The number of nitrogens with one attached hydrogen (secondary N) is 1. The summed E-state index contributed by atoms with van der Waals surface area (Å²) in [5.74, 6) is -0.452. The zero-order valence-corrected chi connectivity index (χ0v) is 12.7. The molecule has 0 aromatic heterocycles. The molecule has 0 aliphatic carbocycles.